The van der Waals surface area contributed by atoms with E-state index in [2.05, 4.69) is 26.3 Å². The maximum atomic E-state index is 13.1. The summed E-state index contributed by atoms with van der Waals surface area (Å²) in [4.78, 5) is 21.7. The van der Waals surface area contributed by atoms with Gasteiger partial charge >= 0.3 is 0 Å². The van der Waals surface area contributed by atoms with Crippen molar-refractivity contribution < 1.29 is 19.7 Å². The highest BCUT2D eigenvalue weighted by Gasteiger charge is 2.28. The molecule has 1 amide bonds. The first kappa shape index (κ1) is 21.8. The third-order valence-corrected chi connectivity index (χ3v) is 6.56. The number of aromatic amines is 2. The van der Waals surface area contributed by atoms with E-state index in [0.29, 0.717) is 25.3 Å². The fourth-order valence-corrected chi connectivity index (χ4v) is 5.00. The molecule has 5 rings (SSSR count). The number of allylic oxidation sites excluding steroid dienone is 1. The summed E-state index contributed by atoms with van der Waals surface area (Å²) in [5, 5.41) is 24.9. The van der Waals surface area contributed by atoms with Crippen LogP contribution in [0.2, 0.25) is 0 Å². The topological polar surface area (TPSA) is 114 Å². The van der Waals surface area contributed by atoms with Gasteiger partial charge in [0.1, 0.15) is 0 Å². The Morgan fingerprint density at radius 3 is 2.85 bits per heavy atom. The van der Waals surface area contributed by atoms with Crippen LogP contribution >= 0.6 is 0 Å². The van der Waals surface area contributed by atoms with Crippen molar-refractivity contribution in [1.82, 2.24) is 20.2 Å². The SMILES string of the molecule is Cc1[nH]c2c(c1C(=O)NCC(O)CN1CCOCC1)CCC=C2c1c(O)[nH]c2ccccc12. The van der Waals surface area contributed by atoms with Crippen LogP contribution in [-0.2, 0) is 11.2 Å². The zero-order chi connectivity index (χ0) is 22.9. The third-order valence-electron chi connectivity index (χ3n) is 6.56. The summed E-state index contributed by atoms with van der Waals surface area (Å²) < 4.78 is 5.34. The van der Waals surface area contributed by atoms with Gasteiger partial charge in [0, 0.05) is 48.3 Å². The fraction of sp³-hybridized carbons (Fsp3) is 0.400. The van der Waals surface area contributed by atoms with E-state index in [0.717, 1.165) is 64.9 Å². The van der Waals surface area contributed by atoms with Crippen molar-refractivity contribution in [3.05, 3.63) is 58.4 Å². The van der Waals surface area contributed by atoms with E-state index in [-0.39, 0.29) is 18.3 Å². The molecule has 1 unspecified atom stereocenters. The van der Waals surface area contributed by atoms with Crippen molar-refractivity contribution in [2.24, 2.45) is 0 Å². The molecule has 8 heteroatoms. The van der Waals surface area contributed by atoms with Crippen LogP contribution in [0.1, 0.15) is 39.3 Å². The predicted molar refractivity (Wildman–Crippen MR) is 126 cm³/mol. The molecule has 8 nitrogen and oxygen atoms in total. The molecule has 1 aliphatic carbocycles. The summed E-state index contributed by atoms with van der Waals surface area (Å²) in [5.41, 5.74) is 5.77. The number of H-pyrrole nitrogens is 2. The summed E-state index contributed by atoms with van der Waals surface area (Å²) in [6.07, 6.45) is 2.99. The van der Waals surface area contributed by atoms with Crippen molar-refractivity contribution >= 4 is 22.4 Å². The number of nitrogens with one attached hydrogen (secondary N) is 3. The summed E-state index contributed by atoms with van der Waals surface area (Å²) in [5.74, 6) is -0.0600. The average molecular weight is 451 g/mol. The normalized spacial score (nSPS) is 17.6. The van der Waals surface area contributed by atoms with Crippen LogP contribution in [0, 0.1) is 6.92 Å². The lowest BCUT2D eigenvalue weighted by atomic mass is 9.89. The number of carbonyl (C=O) groups is 1. The highest BCUT2D eigenvalue weighted by molar-refractivity contribution is 6.03. The summed E-state index contributed by atoms with van der Waals surface area (Å²) in [7, 11) is 0. The monoisotopic (exact) mass is 450 g/mol. The molecule has 2 aromatic heterocycles. The molecular formula is C25H30N4O4. The first-order valence-electron chi connectivity index (χ1n) is 11.5. The molecule has 33 heavy (non-hydrogen) atoms. The molecule has 1 atom stereocenters. The Morgan fingerprint density at radius 1 is 1.24 bits per heavy atom. The van der Waals surface area contributed by atoms with Crippen LogP contribution in [0.4, 0.5) is 0 Å². The molecule has 1 saturated heterocycles. The van der Waals surface area contributed by atoms with E-state index in [1.54, 1.807) is 0 Å². The first-order valence-corrected chi connectivity index (χ1v) is 11.5. The number of carbonyl (C=O) groups excluding carboxylic acids is 1. The molecule has 3 aromatic rings. The zero-order valence-electron chi connectivity index (χ0n) is 18.8. The minimum atomic E-state index is -0.638. The lowest BCUT2D eigenvalue weighted by Crippen LogP contribution is -2.44. The van der Waals surface area contributed by atoms with Gasteiger partial charge in [0.25, 0.3) is 5.91 Å². The number of fused-ring (bicyclic) bond motifs is 2. The average Bonchev–Trinajstić information content (AvgIpc) is 3.33. The van der Waals surface area contributed by atoms with E-state index in [1.807, 2.05) is 31.2 Å². The Bertz CT molecular complexity index is 1200. The van der Waals surface area contributed by atoms with Crippen LogP contribution in [0.25, 0.3) is 16.5 Å². The third kappa shape index (κ3) is 4.17. The molecule has 2 aliphatic rings. The summed E-state index contributed by atoms with van der Waals surface area (Å²) in [6.45, 7) is 5.55. The van der Waals surface area contributed by atoms with Gasteiger partial charge < -0.3 is 30.2 Å². The van der Waals surface area contributed by atoms with Crippen molar-refractivity contribution in [3.8, 4) is 5.88 Å². The second-order valence-corrected chi connectivity index (χ2v) is 8.81. The quantitative estimate of drug-likeness (QED) is 0.396. The van der Waals surface area contributed by atoms with E-state index in [1.165, 1.54) is 0 Å². The van der Waals surface area contributed by atoms with Gasteiger partial charge in [-0.2, -0.15) is 0 Å². The van der Waals surface area contributed by atoms with E-state index in [9.17, 15) is 15.0 Å². The number of nitrogens with zero attached hydrogens (tertiary/aromatic N) is 1. The molecule has 1 fully saturated rings. The number of ether oxygens (including phenoxy) is 1. The van der Waals surface area contributed by atoms with Crippen molar-refractivity contribution in [1.29, 1.82) is 0 Å². The lowest BCUT2D eigenvalue weighted by molar-refractivity contribution is 0.0149. The minimum absolute atomic E-state index is 0.125. The maximum absolute atomic E-state index is 13.1. The summed E-state index contributed by atoms with van der Waals surface area (Å²) >= 11 is 0. The molecule has 0 spiro atoms. The van der Waals surface area contributed by atoms with Gasteiger partial charge in [-0.1, -0.05) is 24.3 Å². The first-order chi connectivity index (χ1) is 16.0. The maximum Gasteiger partial charge on any atom is 0.253 e. The molecule has 0 bridgehead atoms. The number of amides is 1. The van der Waals surface area contributed by atoms with E-state index < -0.39 is 6.10 Å². The smallest absolute Gasteiger partial charge is 0.253 e. The lowest BCUT2D eigenvalue weighted by Gasteiger charge is -2.28. The Balaban J connectivity index is 1.36. The van der Waals surface area contributed by atoms with Gasteiger partial charge in [-0.25, -0.2) is 0 Å². The number of benzene rings is 1. The largest absolute Gasteiger partial charge is 0.494 e. The van der Waals surface area contributed by atoms with Gasteiger partial charge in [-0.05, 0) is 31.4 Å². The van der Waals surface area contributed by atoms with Crippen LogP contribution in [0.5, 0.6) is 5.88 Å². The van der Waals surface area contributed by atoms with Gasteiger partial charge in [0.15, 0.2) is 5.88 Å². The molecule has 1 aliphatic heterocycles. The second kappa shape index (κ2) is 9.05. The Morgan fingerprint density at radius 2 is 2.03 bits per heavy atom. The van der Waals surface area contributed by atoms with E-state index in [4.69, 9.17) is 4.74 Å². The Labute approximate surface area is 192 Å². The van der Waals surface area contributed by atoms with Gasteiger partial charge in [-0.15, -0.1) is 0 Å². The van der Waals surface area contributed by atoms with Gasteiger partial charge in [0.05, 0.1) is 36.1 Å². The molecule has 3 heterocycles. The standard InChI is InChI=1S/C25H30N4O4/c1-15-21(24(31)26-13-16(30)14-29-9-11-33-12-10-29)18-6-4-7-19(23(18)27-15)22-17-5-2-3-8-20(17)28-25(22)32/h2-3,5,7-8,16,27-28,30,32H,4,6,9-14H2,1H3,(H,26,31). The number of aryl methyl sites for hydroxylation is 1. The number of hydrogen-bond acceptors (Lipinski definition) is 5. The number of morpholine rings is 1. The van der Waals surface area contributed by atoms with Crippen LogP contribution in [-0.4, -0.2) is 76.5 Å². The minimum Gasteiger partial charge on any atom is -0.494 e. The Hall–Kier alpha value is -3.07. The van der Waals surface area contributed by atoms with E-state index >= 15 is 0 Å². The fourth-order valence-electron chi connectivity index (χ4n) is 5.00. The van der Waals surface area contributed by atoms with Crippen LogP contribution < -0.4 is 5.32 Å². The van der Waals surface area contributed by atoms with Crippen molar-refractivity contribution in [2.45, 2.75) is 25.9 Å². The Kier molecular flexibility index (Phi) is 5.97. The number of aromatic hydroxyl groups is 1. The van der Waals surface area contributed by atoms with Crippen molar-refractivity contribution in [2.75, 3.05) is 39.4 Å². The summed E-state index contributed by atoms with van der Waals surface area (Å²) in [6, 6.07) is 7.79. The highest BCUT2D eigenvalue weighted by Crippen LogP contribution is 2.41. The molecule has 174 valence electrons. The number of para-hydroxylation sites is 1. The van der Waals surface area contributed by atoms with Crippen LogP contribution in [0.15, 0.2) is 30.3 Å². The van der Waals surface area contributed by atoms with Crippen LogP contribution in [0.3, 0.4) is 0 Å². The number of hydrogen-bond donors (Lipinski definition) is 5. The number of aromatic nitrogens is 2. The van der Waals surface area contributed by atoms with Gasteiger partial charge in [-0.3, -0.25) is 9.69 Å². The van der Waals surface area contributed by atoms with Gasteiger partial charge in [0.2, 0.25) is 0 Å². The van der Waals surface area contributed by atoms with Crippen molar-refractivity contribution in [3.63, 3.8) is 0 Å². The molecule has 1 aromatic carbocycles. The zero-order valence-corrected chi connectivity index (χ0v) is 18.8. The number of rotatable bonds is 6. The number of aliphatic hydroxyl groups is 1. The molecule has 0 radical (unpaired) electrons. The second-order valence-electron chi connectivity index (χ2n) is 8.81. The molecule has 0 saturated carbocycles. The highest BCUT2D eigenvalue weighted by atomic mass is 16.5. The molecule has 5 N–H and O–H groups in total. The number of aliphatic hydroxyl groups excluding tert-OH is 1. The molecular weight excluding hydrogens is 420 g/mol. The predicted octanol–water partition coefficient (Wildman–Crippen LogP) is 2.31. The number of β-amino-alcohol motifs (C(OH)–C–C–N with tert-alkyl or cyclic N) is 1.